The summed E-state index contributed by atoms with van der Waals surface area (Å²) in [5.74, 6) is 0. The summed E-state index contributed by atoms with van der Waals surface area (Å²) in [6.07, 6.45) is 3.86. The Morgan fingerprint density at radius 2 is 2.19 bits per heavy atom. The summed E-state index contributed by atoms with van der Waals surface area (Å²) in [4.78, 5) is 0. The average Bonchev–Trinajstić information content (AvgIpc) is 2.63. The van der Waals surface area contributed by atoms with Gasteiger partial charge in [-0.25, -0.2) is 0 Å². The third-order valence-corrected chi connectivity index (χ3v) is 3.32. The largest absolute Gasteiger partial charge is 0.380 e. The quantitative estimate of drug-likeness (QED) is 0.922. The van der Waals surface area contributed by atoms with E-state index in [0.717, 1.165) is 26.7 Å². The summed E-state index contributed by atoms with van der Waals surface area (Å²) in [7, 11) is 1.92. The number of hydrogen-bond donors (Lipinski definition) is 1. The second kappa shape index (κ2) is 5.01. The van der Waals surface area contributed by atoms with E-state index in [2.05, 4.69) is 42.3 Å². The molecule has 0 atom stereocenters. The summed E-state index contributed by atoms with van der Waals surface area (Å²) in [5.41, 5.74) is 2.24. The first-order valence-corrected chi connectivity index (χ1v) is 6.40. The van der Waals surface area contributed by atoms with Crippen molar-refractivity contribution in [3.63, 3.8) is 0 Å². The van der Waals surface area contributed by atoms with Gasteiger partial charge in [0.1, 0.15) is 0 Å². The number of nitrogens with one attached hydrogen (secondary N) is 1. The van der Waals surface area contributed by atoms with Crippen LogP contribution in [0.15, 0.2) is 39.5 Å². The number of rotatable bonds is 3. The Morgan fingerprint density at radius 1 is 1.38 bits per heavy atom. The molecule has 1 aromatic carbocycles. The molecule has 0 amide bonds. The van der Waals surface area contributed by atoms with E-state index in [1.807, 2.05) is 37.6 Å². The molecule has 0 saturated carbocycles. The Kier molecular flexibility index (Phi) is 3.66. The highest BCUT2D eigenvalue weighted by molar-refractivity contribution is 9.11. The molecule has 1 aromatic heterocycles. The van der Waals surface area contributed by atoms with E-state index >= 15 is 0 Å². The molecule has 1 N–H and O–H groups in total. The highest BCUT2D eigenvalue weighted by Crippen LogP contribution is 2.26. The van der Waals surface area contributed by atoms with Gasteiger partial charge in [-0.3, -0.25) is 4.68 Å². The number of nitrogens with zero attached hydrogens (tertiary/aromatic N) is 2. The molecule has 0 radical (unpaired) electrons. The zero-order chi connectivity index (χ0) is 11.5. The summed E-state index contributed by atoms with van der Waals surface area (Å²) >= 11 is 6.94. The van der Waals surface area contributed by atoms with Crippen LogP contribution in [0, 0.1) is 0 Å². The van der Waals surface area contributed by atoms with Gasteiger partial charge in [-0.2, -0.15) is 5.10 Å². The van der Waals surface area contributed by atoms with Crippen molar-refractivity contribution in [2.75, 3.05) is 5.32 Å². The fourth-order valence-electron chi connectivity index (χ4n) is 1.39. The highest BCUT2D eigenvalue weighted by Gasteiger charge is 2.01. The van der Waals surface area contributed by atoms with Crippen LogP contribution in [0.4, 0.5) is 5.69 Å². The predicted molar refractivity (Wildman–Crippen MR) is 72.4 cm³/mol. The molecule has 0 aliphatic carbocycles. The Morgan fingerprint density at radius 3 is 2.81 bits per heavy atom. The molecule has 16 heavy (non-hydrogen) atoms. The monoisotopic (exact) mass is 343 g/mol. The maximum atomic E-state index is 4.12. The van der Waals surface area contributed by atoms with E-state index in [4.69, 9.17) is 0 Å². The molecule has 3 nitrogen and oxygen atoms in total. The number of halogens is 2. The minimum absolute atomic E-state index is 0.772. The van der Waals surface area contributed by atoms with Gasteiger partial charge in [0.15, 0.2) is 0 Å². The Labute approximate surface area is 111 Å². The molecule has 1 heterocycles. The van der Waals surface area contributed by atoms with Crippen LogP contribution in [0.2, 0.25) is 0 Å². The molecule has 0 aliphatic heterocycles. The van der Waals surface area contributed by atoms with Gasteiger partial charge in [0.2, 0.25) is 0 Å². The molecule has 5 heteroatoms. The fraction of sp³-hybridized carbons (Fsp3) is 0.182. The molecule has 0 spiro atoms. The lowest BCUT2D eigenvalue weighted by Crippen LogP contribution is -1.99. The zero-order valence-electron chi connectivity index (χ0n) is 8.74. The fourth-order valence-corrected chi connectivity index (χ4v) is 2.58. The molecule has 0 aliphatic rings. The maximum Gasteiger partial charge on any atom is 0.0539 e. The molecule has 0 bridgehead atoms. The summed E-state index contributed by atoms with van der Waals surface area (Å²) < 4.78 is 3.91. The van der Waals surface area contributed by atoms with Gasteiger partial charge >= 0.3 is 0 Å². The van der Waals surface area contributed by atoms with Gasteiger partial charge in [0.05, 0.1) is 6.20 Å². The first kappa shape index (κ1) is 11.7. The van der Waals surface area contributed by atoms with Crippen molar-refractivity contribution in [2.45, 2.75) is 6.54 Å². The predicted octanol–water partition coefficient (Wildman–Crippen LogP) is 3.56. The van der Waals surface area contributed by atoms with Crippen LogP contribution >= 0.6 is 31.9 Å². The topological polar surface area (TPSA) is 29.9 Å². The van der Waals surface area contributed by atoms with E-state index < -0.39 is 0 Å². The Balaban J connectivity index is 2.04. The molecular formula is C11H11Br2N3. The summed E-state index contributed by atoms with van der Waals surface area (Å²) in [6.45, 7) is 0.772. The van der Waals surface area contributed by atoms with Crippen molar-refractivity contribution >= 4 is 37.5 Å². The average molecular weight is 345 g/mol. The van der Waals surface area contributed by atoms with Crippen LogP contribution < -0.4 is 5.32 Å². The summed E-state index contributed by atoms with van der Waals surface area (Å²) in [5, 5.41) is 7.47. The van der Waals surface area contributed by atoms with Crippen molar-refractivity contribution < 1.29 is 0 Å². The van der Waals surface area contributed by atoms with Crippen LogP contribution in [0.25, 0.3) is 0 Å². The van der Waals surface area contributed by atoms with E-state index in [1.165, 1.54) is 0 Å². The minimum atomic E-state index is 0.772. The molecule has 2 aromatic rings. The number of benzene rings is 1. The van der Waals surface area contributed by atoms with Crippen LogP contribution in [-0.2, 0) is 13.6 Å². The third-order valence-electron chi connectivity index (χ3n) is 2.17. The normalized spacial score (nSPS) is 10.4. The molecule has 84 valence electrons. The van der Waals surface area contributed by atoms with Gasteiger partial charge in [0.25, 0.3) is 0 Å². The van der Waals surface area contributed by atoms with Crippen LogP contribution in [0.5, 0.6) is 0 Å². The second-order valence-electron chi connectivity index (χ2n) is 3.50. The van der Waals surface area contributed by atoms with E-state index in [1.54, 1.807) is 4.68 Å². The Bertz CT molecular complexity index is 494. The van der Waals surface area contributed by atoms with E-state index in [9.17, 15) is 0 Å². The van der Waals surface area contributed by atoms with Crippen molar-refractivity contribution in [1.82, 2.24) is 9.78 Å². The van der Waals surface area contributed by atoms with Crippen molar-refractivity contribution in [2.24, 2.45) is 7.05 Å². The van der Waals surface area contributed by atoms with Crippen molar-refractivity contribution in [3.05, 3.63) is 45.1 Å². The van der Waals surface area contributed by atoms with Gasteiger partial charge in [-0.15, -0.1) is 0 Å². The van der Waals surface area contributed by atoms with Crippen molar-refractivity contribution in [3.8, 4) is 0 Å². The lowest BCUT2D eigenvalue weighted by Gasteiger charge is -2.07. The Hall–Kier alpha value is -0.810. The number of anilines is 1. The molecule has 2 rings (SSSR count). The van der Waals surface area contributed by atoms with Gasteiger partial charge < -0.3 is 5.32 Å². The lowest BCUT2D eigenvalue weighted by molar-refractivity contribution is 0.767. The number of aryl methyl sites for hydroxylation is 1. The maximum absolute atomic E-state index is 4.12. The zero-order valence-corrected chi connectivity index (χ0v) is 11.9. The van der Waals surface area contributed by atoms with E-state index in [-0.39, 0.29) is 0 Å². The molecule has 0 saturated heterocycles. The lowest BCUT2D eigenvalue weighted by atomic mass is 10.3. The third kappa shape index (κ3) is 2.86. The highest BCUT2D eigenvalue weighted by atomic mass is 79.9. The minimum Gasteiger partial charge on any atom is -0.380 e. The van der Waals surface area contributed by atoms with Crippen molar-refractivity contribution in [1.29, 1.82) is 0 Å². The van der Waals surface area contributed by atoms with Crippen LogP contribution in [0.1, 0.15) is 5.56 Å². The molecular weight excluding hydrogens is 334 g/mol. The number of aromatic nitrogens is 2. The second-order valence-corrected chi connectivity index (χ2v) is 5.27. The first-order valence-electron chi connectivity index (χ1n) is 4.81. The molecule has 0 unspecified atom stereocenters. The summed E-state index contributed by atoms with van der Waals surface area (Å²) in [6, 6.07) is 6.06. The van der Waals surface area contributed by atoms with Gasteiger partial charge in [-0.1, -0.05) is 15.9 Å². The standard InChI is InChI=1S/C11H11Br2N3/c1-16-7-8(6-15-16)5-14-11-3-2-9(12)4-10(11)13/h2-4,6-7,14H,5H2,1H3. The first-order chi connectivity index (χ1) is 7.65. The SMILES string of the molecule is Cn1cc(CNc2ccc(Br)cc2Br)cn1. The van der Waals surface area contributed by atoms with Gasteiger partial charge in [0, 0.05) is 40.0 Å². The number of hydrogen-bond acceptors (Lipinski definition) is 2. The van der Waals surface area contributed by atoms with Gasteiger partial charge in [-0.05, 0) is 34.1 Å². The van der Waals surface area contributed by atoms with Crippen LogP contribution in [-0.4, -0.2) is 9.78 Å². The smallest absolute Gasteiger partial charge is 0.0539 e. The van der Waals surface area contributed by atoms with E-state index in [0.29, 0.717) is 0 Å². The molecule has 0 fully saturated rings. The van der Waals surface area contributed by atoms with Crippen LogP contribution in [0.3, 0.4) is 0 Å².